The second-order valence-corrected chi connectivity index (χ2v) is 11.3. The van der Waals surface area contributed by atoms with Crippen LogP contribution in [0.3, 0.4) is 0 Å². The number of halogens is 1. The van der Waals surface area contributed by atoms with E-state index >= 15 is 0 Å². The summed E-state index contributed by atoms with van der Waals surface area (Å²) in [5.74, 6) is 0. The van der Waals surface area contributed by atoms with Gasteiger partial charge in [0.25, 0.3) is 0 Å². The zero-order valence-electron chi connectivity index (χ0n) is 19.7. The number of hydrogen-bond donors (Lipinski definition) is 0. The molecule has 37 heavy (non-hydrogen) atoms. The van der Waals surface area contributed by atoms with Gasteiger partial charge in [-0.25, -0.2) is 4.98 Å². The third kappa shape index (κ3) is 3.13. The topological polar surface area (TPSA) is 17.8 Å². The number of nitrogens with zero attached hydrogens (tertiary/aromatic N) is 2. The van der Waals surface area contributed by atoms with Crippen LogP contribution in [0.4, 0.5) is 0 Å². The van der Waals surface area contributed by atoms with Gasteiger partial charge >= 0.3 is 0 Å². The summed E-state index contributed by atoms with van der Waals surface area (Å²) < 4.78 is 4.77. The summed E-state index contributed by atoms with van der Waals surface area (Å²) >= 11 is 5.51. The number of rotatable bonds is 2. The first kappa shape index (κ1) is 21.1. The summed E-state index contributed by atoms with van der Waals surface area (Å²) in [6, 6.07) is 39.5. The molecule has 0 atom stereocenters. The van der Waals surface area contributed by atoms with Crippen LogP contribution < -0.4 is 0 Å². The van der Waals surface area contributed by atoms with Crippen molar-refractivity contribution >= 4 is 80.1 Å². The molecule has 4 heteroatoms. The molecule has 3 aromatic heterocycles. The summed E-state index contributed by atoms with van der Waals surface area (Å²) in [5, 5.41) is 7.49. The van der Waals surface area contributed by atoms with Crippen molar-refractivity contribution < 1.29 is 0 Å². The monoisotopic (exact) mass is 554 g/mol. The molecule has 8 rings (SSSR count). The van der Waals surface area contributed by atoms with Crippen molar-refractivity contribution in [3.63, 3.8) is 0 Å². The van der Waals surface area contributed by atoms with Crippen LogP contribution in [-0.2, 0) is 0 Å². The zero-order valence-corrected chi connectivity index (χ0v) is 22.1. The quantitative estimate of drug-likeness (QED) is 0.208. The fraction of sp³-hybridized carbons (Fsp3) is 0. The van der Waals surface area contributed by atoms with E-state index in [1.807, 2.05) is 12.3 Å². The molecule has 0 radical (unpaired) electrons. The van der Waals surface area contributed by atoms with E-state index in [0.29, 0.717) is 0 Å². The lowest BCUT2D eigenvalue weighted by atomic mass is 9.93. The van der Waals surface area contributed by atoms with Crippen molar-refractivity contribution in [2.75, 3.05) is 0 Å². The molecule has 0 unspecified atom stereocenters. The van der Waals surface area contributed by atoms with Crippen molar-refractivity contribution in [1.82, 2.24) is 9.55 Å². The maximum absolute atomic E-state index is 4.61. The molecule has 0 N–H and O–H groups in total. The van der Waals surface area contributed by atoms with Crippen molar-refractivity contribution in [3.05, 3.63) is 120 Å². The first-order chi connectivity index (χ1) is 18.3. The van der Waals surface area contributed by atoms with E-state index in [4.69, 9.17) is 0 Å². The smallest absolute Gasteiger partial charge is 0.124 e. The van der Waals surface area contributed by atoms with E-state index in [-0.39, 0.29) is 0 Å². The minimum absolute atomic E-state index is 1.08. The summed E-state index contributed by atoms with van der Waals surface area (Å²) in [7, 11) is 0. The molecule has 0 bridgehead atoms. The van der Waals surface area contributed by atoms with Crippen LogP contribution in [0.25, 0.3) is 69.7 Å². The molecule has 0 saturated heterocycles. The fourth-order valence-electron chi connectivity index (χ4n) is 5.74. The third-order valence-corrected chi connectivity index (χ3v) is 8.88. The van der Waals surface area contributed by atoms with Crippen LogP contribution in [0.5, 0.6) is 0 Å². The van der Waals surface area contributed by atoms with Gasteiger partial charge in [-0.3, -0.25) is 0 Å². The van der Waals surface area contributed by atoms with Gasteiger partial charge in [0.05, 0.1) is 11.0 Å². The summed E-state index contributed by atoms with van der Waals surface area (Å²) in [5.41, 5.74) is 6.08. The number of thiophene rings is 1. The number of fused-ring (bicyclic) bond motifs is 7. The number of hydrogen-bond acceptors (Lipinski definition) is 2. The largest absolute Gasteiger partial charge is 0.309 e. The predicted molar refractivity (Wildman–Crippen MR) is 162 cm³/mol. The molecule has 3 heterocycles. The Kier molecular flexibility index (Phi) is 4.57. The van der Waals surface area contributed by atoms with E-state index in [0.717, 1.165) is 15.0 Å². The molecule has 0 spiro atoms. The number of benzene rings is 5. The lowest BCUT2D eigenvalue weighted by molar-refractivity contribution is 1.19. The molecule has 0 saturated carbocycles. The van der Waals surface area contributed by atoms with Crippen LogP contribution in [0, 0.1) is 0 Å². The molecule has 0 fully saturated rings. The zero-order chi connectivity index (χ0) is 24.5. The van der Waals surface area contributed by atoms with Crippen LogP contribution in [0.2, 0.25) is 0 Å². The Morgan fingerprint density at radius 2 is 1.49 bits per heavy atom. The van der Waals surface area contributed by atoms with E-state index in [9.17, 15) is 0 Å². The molecule has 2 nitrogen and oxygen atoms in total. The Balaban J connectivity index is 1.57. The van der Waals surface area contributed by atoms with E-state index < -0.39 is 0 Å². The lowest BCUT2D eigenvalue weighted by Crippen LogP contribution is -1.94. The van der Waals surface area contributed by atoms with Gasteiger partial charge in [0.2, 0.25) is 0 Å². The van der Waals surface area contributed by atoms with Crippen molar-refractivity contribution in [2.45, 2.75) is 0 Å². The second-order valence-electron chi connectivity index (χ2n) is 9.37. The highest BCUT2D eigenvalue weighted by Gasteiger charge is 2.20. The normalized spacial score (nSPS) is 11.9. The molecule has 0 aliphatic rings. The van der Waals surface area contributed by atoms with Crippen molar-refractivity contribution in [3.8, 4) is 16.8 Å². The van der Waals surface area contributed by atoms with Crippen LogP contribution in [-0.4, -0.2) is 9.55 Å². The SMILES string of the molecule is Brc1ccc2c(c1)c1c(-c3ccccc3)c3ccccc3cc1n2-c1ccc2sc3ncccc3c2c1. The maximum atomic E-state index is 4.61. The molecule has 5 aromatic carbocycles. The minimum atomic E-state index is 1.08. The molecule has 0 aliphatic heterocycles. The highest BCUT2D eigenvalue weighted by Crippen LogP contribution is 2.44. The predicted octanol–water partition coefficient (Wildman–Crippen LogP) is 10.1. The van der Waals surface area contributed by atoms with Crippen LogP contribution in [0.15, 0.2) is 120 Å². The minimum Gasteiger partial charge on any atom is -0.309 e. The summed E-state index contributed by atoms with van der Waals surface area (Å²) in [6.45, 7) is 0. The van der Waals surface area contributed by atoms with Crippen LogP contribution in [0.1, 0.15) is 0 Å². The molecule has 0 amide bonds. The fourth-order valence-corrected chi connectivity index (χ4v) is 7.12. The van der Waals surface area contributed by atoms with Gasteiger partial charge in [-0.2, -0.15) is 0 Å². The maximum Gasteiger partial charge on any atom is 0.124 e. The Morgan fingerprint density at radius 1 is 0.649 bits per heavy atom. The Morgan fingerprint density at radius 3 is 2.41 bits per heavy atom. The van der Waals surface area contributed by atoms with E-state index in [2.05, 4.69) is 129 Å². The second kappa shape index (κ2) is 8.01. The first-order valence-electron chi connectivity index (χ1n) is 12.2. The molecular weight excluding hydrogens is 536 g/mol. The summed E-state index contributed by atoms with van der Waals surface area (Å²) in [4.78, 5) is 5.69. The van der Waals surface area contributed by atoms with Crippen molar-refractivity contribution in [2.24, 2.45) is 0 Å². The Bertz CT molecular complexity index is 2160. The Hall–Kier alpha value is -3.99. The lowest BCUT2D eigenvalue weighted by Gasteiger charge is -2.12. The average molecular weight is 556 g/mol. The third-order valence-electron chi connectivity index (χ3n) is 7.29. The van der Waals surface area contributed by atoms with Gasteiger partial charge in [-0.15, -0.1) is 11.3 Å². The highest BCUT2D eigenvalue weighted by molar-refractivity contribution is 9.10. The first-order valence-corrected chi connectivity index (χ1v) is 13.9. The Labute approximate surface area is 225 Å². The van der Waals surface area contributed by atoms with E-state index in [1.165, 1.54) is 59.2 Å². The molecule has 174 valence electrons. The van der Waals surface area contributed by atoms with Crippen LogP contribution >= 0.6 is 27.3 Å². The van der Waals surface area contributed by atoms with Gasteiger partial charge in [0, 0.05) is 42.6 Å². The molecule has 0 aliphatic carbocycles. The standard InChI is InChI=1S/C33H19BrN2S/c34-22-12-14-28-27(18-22)32-29(17-21-9-4-5-10-24(21)31(32)20-7-2-1-3-8-20)36(28)23-13-15-30-26(19-23)25-11-6-16-35-33(25)37-30/h1-19H. The summed E-state index contributed by atoms with van der Waals surface area (Å²) in [6.07, 6.45) is 1.87. The molecule has 8 aromatic rings. The van der Waals surface area contributed by atoms with Gasteiger partial charge in [-0.1, -0.05) is 70.5 Å². The van der Waals surface area contributed by atoms with Gasteiger partial charge < -0.3 is 4.57 Å². The average Bonchev–Trinajstić information content (AvgIpc) is 3.47. The molecular formula is C33H19BrN2S. The van der Waals surface area contributed by atoms with E-state index in [1.54, 1.807) is 11.3 Å². The highest BCUT2D eigenvalue weighted by atomic mass is 79.9. The number of aromatic nitrogens is 2. The van der Waals surface area contributed by atoms with Gasteiger partial charge in [-0.05, 0) is 76.5 Å². The van der Waals surface area contributed by atoms with Crippen molar-refractivity contribution in [1.29, 1.82) is 0 Å². The van der Waals surface area contributed by atoms with Gasteiger partial charge in [0.15, 0.2) is 0 Å². The van der Waals surface area contributed by atoms with Gasteiger partial charge in [0.1, 0.15) is 4.83 Å². The number of pyridine rings is 1.